The number of amides is 2. The number of anilines is 1. The maximum atomic E-state index is 12.4. The molecule has 0 saturated carbocycles. The van der Waals surface area contributed by atoms with E-state index >= 15 is 0 Å². The number of nitrogens with one attached hydrogen (secondary N) is 1. The Kier molecular flexibility index (Phi) is 6.59. The Morgan fingerprint density at radius 2 is 1.65 bits per heavy atom. The molecule has 1 saturated heterocycles. The summed E-state index contributed by atoms with van der Waals surface area (Å²) in [7, 11) is 0. The van der Waals surface area contributed by atoms with Crippen molar-refractivity contribution in [3.63, 3.8) is 0 Å². The number of hydrogen-bond acceptors (Lipinski definition) is 3. The van der Waals surface area contributed by atoms with Crippen molar-refractivity contribution in [1.82, 2.24) is 9.80 Å². The van der Waals surface area contributed by atoms with Gasteiger partial charge in [0.15, 0.2) is 0 Å². The highest BCUT2D eigenvalue weighted by molar-refractivity contribution is 5.96. The molecule has 0 spiro atoms. The molecule has 1 N–H and O–H groups in total. The van der Waals surface area contributed by atoms with Crippen LogP contribution in [-0.2, 0) is 4.79 Å². The van der Waals surface area contributed by atoms with E-state index in [1.807, 2.05) is 18.7 Å². The van der Waals surface area contributed by atoms with E-state index in [1.165, 1.54) is 6.42 Å². The van der Waals surface area contributed by atoms with Gasteiger partial charge in [-0.25, -0.2) is 0 Å². The van der Waals surface area contributed by atoms with Crippen molar-refractivity contribution in [3.05, 3.63) is 29.8 Å². The molecular weight excluding hydrogens is 290 g/mol. The highest BCUT2D eigenvalue weighted by Crippen LogP contribution is 2.15. The Hall–Kier alpha value is -1.88. The zero-order valence-electron chi connectivity index (χ0n) is 14.2. The van der Waals surface area contributed by atoms with Crippen LogP contribution >= 0.6 is 0 Å². The lowest BCUT2D eigenvalue weighted by Crippen LogP contribution is -2.35. The van der Waals surface area contributed by atoms with Gasteiger partial charge in [-0.2, -0.15) is 0 Å². The predicted molar refractivity (Wildman–Crippen MR) is 92.6 cm³/mol. The summed E-state index contributed by atoms with van der Waals surface area (Å²) in [6.07, 6.45) is 3.39. The van der Waals surface area contributed by atoms with Crippen LogP contribution in [0.4, 0.5) is 5.69 Å². The third-order valence-corrected chi connectivity index (χ3v) is 4.32. The summed E-state index contributed by atoms with van der Waals surface area (Å²) in [5, 5.41) is 2.88. The molecule has 1 aromatic carbocycles. The second kappa shape index (κ2) is 8.67. The van der Waals surface area contributed by atoms with Crippen molar-refractivity contribution < 1.29 is 9.59 Å². The summed E-state index contributed by atoms with van der Waals surface area (Å²) in [6.45, 7) is 7.87. The molecule has 0 radical (unpaired) electrons. The molecule has 23 heavy (non-hydrogen) atoms. The number of piperidine rings is 1. The molecule has 1 aromatic rings. The monoisotopic (exact) mass is 317 g/mol. The van der Waals surface area contributed by atoms with E-state index in [4.69, 9.17) is 0 Å². The lowest BCUT2D eigenvalue weighted by molar-refractivity contribution is -0.117. The molecule has 5 heteroatoms. The number of carbonyl (C=O) groups is 2. The first-order valence-corrected chi connectivity index (χ1v) is 8.55. The highest BCUT2D eigenvalue weighted by atomic mass is 16.2. The van der Waals surface area contributed by atoms with E-state index in [0.29, 0.717) is 12.1 Å². The van der Waals surface area contributed by atoms with Crippen molar-refractivity contribution in [2.45, 2.75) is 33.1 Å². The average Bonchev–Trinajstić information content (AvgIpc) is 2.60. The minimum absolute atomic E-state index is 0.0243. The largest absolute Gasteiger partial charge is 0.339 e. The number of likely N-dealkylation sites (N-methyl/N-ethyl adjacent to an activating group) is 1. The van der Waals surface area contributed by atoms with Crippen molar-refractivity contribution >= 4 is 17.5 Å². The van der Waals surface area contributed by atoms with E-state index in [2.05, 4.69) is 10.2 Å². The maximum Gasteiger partial charge on any atom is 0.253 e. The Morgan fingerprint density at radius 3 is 2.22 bits per heavy atom. The SMILES string of the molecule is CCN(CC)CC(=O)Nc1ccc(C(=O)N2CCCCC2)cc1. The summed E-state index contributed by atoms with van der Waals surface area (Å²) in [5.41, 5.74) is 1.42. The smallest absolute Gasteiger partial charge is 0.253 e. The molecule has 0 aromatic heterocycles. The Bertz CT molecular complexity index is 518. The third kappa shape index (κ3) is 5.06. The molecule has 1 aliphatic rings. The molecule has 2 amide bonds. The minimum atomic E-state index is -0.0243. The molecule has 126 valence electrons. The number of carbonyl (C=O) groups excluding carboxylic acids is 2. The number of rotatable bonds is 6. The molecule has 1 aliphatic heterocycles. The molecule has 0 bridgehead atoms. The molecule has 5 nitrogen and oxygen atoms in total. The van der Waals surface area contributed by atoms with Crippen LogP contribution in [0.2, 0.25) is 0 Å². The molecular formula is C18H27N3O2. The van der Waals surface area contributed by atoms with Crippen LogP contribution in [0, 0.1) is 0 Å². The molecule has 2 rings (SSSR count). The van der Waals surface area contributed by atoms with Crippen molar-refractivity contribution in [1.29, 1.82) is 0 Å². The lowest BCUT2D eigenvalue weighted by atomic mass is 10.1. The summed E-state index contributed by atoms with van der Waals surface area (Å²) in [4.78, 5) is 28.3. The Balaban J connectivity index is 1.91. The van der Waals surface area contributed by atoms with Crippen molar-refractivity contribution in [2.75, 3.05) is 38.0 Å². The first kappa shape index (κ1) is 17.5. The normalized spacial score (nSPS) is 14.8. The van der Waals surface area contributed by atoms with Crippen LogP contribution in [0.5, 0.6) is 0 Å². The summed E-state index contributed by atoms with van der Waals surface area (Å²) < 4.78 is 0. The second-order valence-electron chi connectivity index (χ2n) is 5.94. The zero-order valence-corrected chi connectivity index (χ0v) is 14.2. The van der Waals surface area contributed by atoms with E-state index < -0.39 is 0 Å². The molecule has 0 aliphatic carbocycles. The fourth-order valence-electron chi connectivity index (χ4n) is 2.83. The van der Waals surface area contributed by atoms with Gasteiger partial charge in [0.1, 0.15) is 0 Å². The first-order valence-electron chi connectivity index (χ1n) is 8.55. The fourth-order valence-corrected chi connectivity index (χ4v) is 2.83. The van der Waals surface area contributed by atoms with E-state index in [1.54, 1.807) is 24.3 Å². The van der Waals surface area contributed by atoms with Crippen LogP contribution in [-0.4, -0.2) is 54.3 Å². The van der Waals surface area contributed by atoms with Crippen molar-refractivity contribution in [2.24, 2.45) is 0 Å². The lowest BCUT2D eigenvalue weighted by Gasteiger charge is -2.26. The van der Waals surface area contributed by atoms with Crippen molar-refractivity contribution in [3.8, 4) is 0 Å². The van der Waals surface area contributed by atoms with Gasteiger partial charge in [-0.05, 0) is 56.6 Å². The van der Waals surface area contributed by atoms with Crippen LogP contribution in [0.3, 0.4) is 0 Å². The van der Waals surface area contributed by atoms with Gasteiger partial charge in [0, 0.05) is 24.3 Å². The maximum absolute atomic E-state index is 12.4. The van der Waals surface area contributed by atoms with Gasteiger partial charge in [-0.1, -0.05) is 13.8 Å². The number of hydrogen-bond donors (Lipinski definition) is 1. The quantitative estimate of drug-likeness (QED) is 0.877. The van der Waals surface area contributed by atoms with Gasteiger partial charge in [0.05, 0.1) is 6.54 Å². The molecule has 0 atom stereocenters. The van der Waals surface area contributed by atoms with Gasteiger partial charge in [-0.15, -0.1) is 0 Å². The van der Waals surface area contributed by atoms with E-state index in [-0.39, 0.29) is 11.8 Å². The standard InChI is InChI=1S/C18H27N3O2/c1-3-20(4-2)14-17(22)19-16-10-8-15(9-11-16)18(23)21-12-6-5-7-13-21/h8-11H,3-7,12-14H2,1-2H3,(H,19,22). The topological polar surface area (TPSA) is 52.7 Å². The first-order chi connectivity index (χ1) is 11.1. The summed E-state index contributed by atoms with van der Waals surface area (Å²) in [5.74, 6) is 0.0644. The van der Waals surface area contributed by atoms with Gasteiger partial charge in [0.2, 0.25) is 5.91 Å². The summed E-state index contributed by atoms with van der Waals surface area (Å²) >= 11 is 0. The Morgan fingerprint density at radius 1 is 1.04 bits per heavy atom. The number of benzene rings is 1. The van der Waals surface area contributed by atoms with Gasteiger partial charge >= 0.3 is 0 Å². The van der Waals surface area contributed by atoms with Gasteiger partial charge in [-0.3, -0.25) is 14.5 Å². The Labute approximate surface area is 138 Å². The van der Waals surface area contributed by atoms with E-state index in [0.717, 1.165) is 44.7 Å². The number of likely N-dealkylation sites (tertiary alicyclic amines) is 1. The van der Waals surface area contributed by atoms with Crippen LogP contribution < -0.4 is 5.32 Å². The second-order valence-corrected chi connectivity index (χ2v) is 5.94. The average molecular weight is 317 g/mol. The molecule has 1 fully saturated rings. The number of nitrogens with zero attached hydrogens (tertiary/aromatic N) is 2. The minimum Gasteiger partial charge on any atom is -0.339 e. The summed E-state index contributed by atoms with van der Waals surface area (Å²) in [6, 6.07) is 7.20. The van der Waals surface area contributed by atoms with Crippen LogP contribution in [0.1, 0.15) is 43.5 Å². The predicted octanol–water partition coefficient (Wildman–Crippen LogP) is 2.59. The highest BCUT2D eigenvalue weighted by Gasteiger charge is 2.18. The van der Waals surface area contributed by atoms with Gasteiger partial charge in [0.25, 0.3) is 5.91 Å². The van der Waals surface area contributed by atoms with Crippen LogP contribution in [0.25, 0.3) is 0 Å². The molecule has 0 unspecified atom stereocenters. The molecule has 1 heterocycles. The fraction of sp³-hybridized carbons (Fsp3) is 0.556. The zero-order chi connectivity index (χ0) is 16.7. The van der Waals surface area contributed by atoms with Crippen LogP contribution in [0.15, 0.2) is 24.3 Å². The van der Waals surface area contributed by atoms with E-state index in [9.17, 15) is 9.59 Å². The van der Waals surface area contributed by atoms with Gasteiger partial charge < -0.3 is 10.2 Å². The third-order valence-electron chi connectivity index (χ3n) is 4.32.